The molecule has 4 fully saturated rings. The van der Waals surface area contributed by atoms with Crippen LogP contribution in [-0.2, 0) is 14.4 Å². The van der Waals surface area contributed by atoms with E-state index >= 15 is 0 Å². The van der Waals surface area contributed by atoms with Gasteiger partial charge < -0.3 is 29.7 Å². The lowest BCUT2D eigenvalue weighted by Gasteiger charge is -2.37. The smallest absolute Gasteiger partial charge is 0.270 e. The largest absolute Gasteiger partial charge is 0.483 e. The second-order valence-corrected chi connectivity index (χ2v) is 16.9. The minimum absolute atomic E-state index is 0.0287. The van der Waals surface area contributed by atoms with Gasteiger partial charge in [0.15, 0.2) is 18.1 Å². The van der Waals surface area contributed by atoms with Crippen LogP contribution in [0.2, 0.25) is 0 Å². The van der Waals surface area contributed by atoms with E-state index in [1.165, 1.54) is 6.07 Å². The normalized spacial score (nSPS) is 22.5. The number of carbonyl (C=O) groups excluding carboxylic acids is 6. The third kappa shape index (κ3) is 8.28. The molecule has 61 heavy (non-hydrogen) atoms. The third-order valence-electron chi connectivity index (χ3n) is 12.9. The lowest BCUT2D eigenvalue weighted by molar-refractivity contribution is -0.136. The molecule has 0 bridgehead atoms. The highest BCUT2D eigenvalue weighted by atomic mass is 16.5. The van der Waals surface area contributed by atoms with Crippen molar-refractivity contribution in [3.63, 3.8) is 0 Å². The molecule has 3 N–H and O–H groups in total. The van der Waals surface area contributed by atoms with Crippen LogP contribution in [0.25, 0.3) is 11.2 Å². The number of pyridine rings is 1. The van der Waals surface area contributed by atoms with Gasteiger partial charge in [-0.25, -0.2) is 19.9 Å². The first-order chi connectivity index (χ1) is 29.6. The number of imidazole rings is 1. The molecule has 0 spiro atoms. The van der Waals surface area contributed by atoms with Gasteiger partial charge in [-0.3, -0.25) is 39.0 Å². The second kappa shape index (κ2) is 17.0. The Morgan fingerprint density at radius 2 is 1.66 bits per heavy atom. The number of nitrogens with one attached hydrogen (secondary N) is 3. The lowest BCUT2D eigenvalue weighted by atomic mass is 9.86. The molecule has 3 aromatic heterocycles. The average molecular weight is 832 g/mol. The van der Waals surface area contributed by atoms with E-state index in [0.717, 1.165) is 92.3 Å². The zero-order valence-corrected chi connectivity index (χ0v) is 34.0. The van der Waals surface area contributed by atoms with Crippen molar-refractivity contribution in [3.05, 3.63) is 71.6 Å². The van der Waals surface area contributed by atoms with Gasteiger partial charge in [0, 0.05) is 50.4 Å². The van der Waals surface area contributed by atoms with Gasteiger partial charge in [-0.2, -0.15) is 0 Å². The summed E-state index contributed by atoms with van der Waals surface area (Å²) in [6, 6.07) is 9.25. The molecule has 18 nitrogen and oxygen atoms in total. The molecule has 6 amide bonds. The van der Waals surface area contributed by atoms with Crippen molar-refractivity contribution in [2.24, 2.45) is 11.8 Å². The van der Waals surface area contributed by atoms with Crippen LogP contribution in [0.3, 0.4) is 0 Å². The Kier molecular flexibility index (Phi) is 11.2. The zero-order chi connectivity index (χ0) is 42.2. The van der Waals surface area contributed by atoms with Crippen molar-refractivity contribution in [2.45, 2.75) is 76.4 Å². The van der Waals surface area contributed by atoms with Crippen molar-refractivity contribution in [3.8, 4) is 5.75 Å². The van der Waals surface area contributed by atoms with Crippen molar-refractivity contribution in [1.82, 2.24) is 49.8 Å². The first kappa shape index (κ1) is 40.1. The van der Waals surface area contributed by atoms with Gasteiger partial charge in [0.1, 0.15) is 29.3 Å². The number of fused-ring (bicyclic) bond motifs is 2. The highest BCUT2D eigenvalue weighted by Crippen LogP contribution is 2.36. The number of imide groups is 2. The van der Waals surface area contributed by atoms with E-state index in [9.17, 15) is 28.8 Å². The van der Waals surface area contributed by atoms with E-state index in [1.807, 2.05) is 25.4 Å². The summed E-state index contributed by atoms with van der Waals surface area (Å²) in [5.41, 5.74) is 2.92. The van der Waals surface area contributed by atoms with E-state index in [-0.39, 0.29) is 60.2 Å². The van der Waals surface area contributed by atoms with Crippen LogP contribution >= 0.6 is 0 Å². The maximum absolute atomic E-state index is 13.4. The summed E-state index contributed by atoms with van der Waals surface area (Å²) in [4.78, 5) is 99.8. The fourth-order valence-electron chi connectivity index (χ4n) is 9.29. The Labute approximate surface area is 351 Å². The molecule has 18 heteroatoms. The van der Waals surface area contributed by atoms with Gasteiger partial charge in [-0.05, 0) is 101 Å². The Hall–Kier alpha value is -6.30. The number of nitrogens with zero attached hydrogens (tertiary/aromatic N) is 8. The van der Waals surface area contributed by atoms with Gasteiger partial charge in [0.05, 0.1) is 17.5 Å². The van der Waals surface area contributed by atoms with Gasteiger partial charge in [0.2, 0.25) is 11.8 Å². The van der Waals surface area contributed by atoms with Crippen LogP contribution in [0.4, 0.5) is 5.82 Å². The number of rotatable bonds is 12. The van der Waals surface area contributed by atoms with Crippen LogP contribution < -0.4 is 20.7 Å². The number of amides is 6. The highest BCUT2D eigenvalue weighted by molar-refractivity contribution is 6.24. The summed E-state index contributed by atoms with van der Waals surface area (Å²) >= 11 is 0. The molecule has 1 atom stereocenters. The number of aryl methyl sites for hydroxylation is 1. The summed E-state index contributed by atoms with van der Waals surface area (Å²) in [6.07, 6.45) is 9.00. The van der Waals surface area contributed by atoms with E-state index in [4.69, 9.17) is 4.74 Å². The molecule has 3 saturated heterocycles. The predicted octanol–water partition coefficient (Wildman–Crippen LogP) is 2.51. The Morgan fingerprint density at radius 1 is 0.885 bits per heavy atom. The maximum atomic E-state index is 13.4. The molecule has 9 rings (SSSR count). The fourth-order valence-corrected chi connectivity index (χ4v) is 9.29. The van der Waals surface area contributed by atoms with Crippen LogP contribution in [0.1, 0.15) is 94.3 Å². The molecule has 7 heterocycles. The number of aromatic nitrogens is 5. The van der Waals surface area contributed by atoms with Crippen molar-refractivity contribution in [1.29, 1.82) is 0 Å². The van der Waals surface area contributed by atoms with Crippen molar-refractivity contribution in [2.75, 3.05) is 51.2 Å². The molecule has 0 unspecified atom stereocenters. The van der Waals surface area contributed by atoms with E-state index in [0.29, 0.717) is 30.6 Å². The molecule has 4 aromatic rings. The zero-order valence-electron chi connectivity index (χ0n) is 34.0. The van der Waals surface area contributed by atoms with Crippen LogP contribution in [-0.4, -0.2) is 133 Å². The summed E-state index contributed by atoms with van der Waals surface area (Å²) in [7, 11) is 0. The van der Waals surface area contributed by atoms with Crippen molar-refractivity contribution < 1.29 is 33.5 Å². The third-order valence-corrected chi connectivity index (χ3v) is 12.9. The monoisotopic (exact) mass is 831 g/mol. The average Bonchev–Trinajstić information content (AvgIpc) is 3.79. The van der Waals surface area contributed by atoms with E-state index in [2.05, 4.69) is 45.4 Å². The van der Waals surface area contributed by atoms with E-state index < -0.39 is 29.7 Å². The second-order valence-electron chi connectivity index (χ2n) is 16.9. The van der Waals surface area contributed by atoms with Gasteiger partial charge >= 0.3 is 0 Å². The number of carbonyl (C=O) groups is 6. The van der Waals surface area contributed by atoms with Crippen LogP contribution in [0.5, 0.6) is 5.75 Å². The molecule has 4 aliphatic heterocycles. The fraction of sp³-hybridized carbons (Fsp3) is 0.488. The SMILES string of the molecule is Cc1cccc(C(=O)NC2CC(n3cnc4c(NCC5CCN(CC6CCN(C(=O)COc7cccc8c7C(=O)N([C@@H]7CCC(=O)NC7=O)C8=O)CC6)CC5)ncnc43)C2)n1. The minimum Gasteiger partial charge on any atom is -0.483 e. The highest BCUT2D eigenvalue weighted by Gasteiger charge is 2.46. The van der Waals surface area contributed by atoms with Gasteiger partial charge in [-0.1, -0.05) is 12.1 Å². The van der Waals surface area contributed by atoms with E-state index in [1.54, 1.807) is 29.4 Å². The summed E-state index contributed by atoms with van der Waals surface area (Å²) in [6.45, 7) is 6.64. The number of benzene rings is 1. The molecule has 1 aliphatic carbocycles. The first-order valence-electron chi connectivity index (χ1n) is 21.2. The van der Waals surface area contributed by atoms with Crippen LogP contribution in [0.15, 0.2) is 49.1 Å². The first-order valence-corrected chi connectivity index (χ1v) is 21.2. The number of hydrogen-bond donors (Lipinski definition) is 3. The molecule has 1 aromatic carbocycles. The predicted molar refractivity (Wildman–Crippen MR) is 219 cm³/mol. The molecule has 318 valence electrons. The standard InChI is InChI=1S/C43H49N11O7/c1-25-4-2-6-31(48-25)40(57)49-28-18-29(19-28)53-24-47-37-38(45-23-46-39(37)53)44-20-26-10-14-51(15-11-26)21-27-12-16-52(17-13-27)35(56)22-61-33-7-3-5-30-36(33)43(60)54(42(30)59)32-8-9-34(55)50-41(32)58/h2-7,23-24,26-29,32H,8-22H2,1H3,(H,49,57)(H,44,45,46)(H,50,55,58)/t28?,29?,32-/m1/s1. The topological polar surface area (TPSA) is 214 Å². The number of anilines is 1. The number of ether oxygens (including phenoxy) is 1. The molecular formula is C43H49N11O7. The van der Waals surface area contributed by atoms with Gasteiger partial charge in [-0.15, -0.1) is 0 Å². The van der Waals surface area contributed by atoms with Crippen LogP contribution in [0, 0.1) is 18.8 Å². The van der Waals surface area contributed by atoms with Crippen molar-refractivity contribution >= 4 is 52.4 Å². The Bertz CT molecular complexity index is 2380. The number of likely N-dealkylation sites (tertiary alicyclic amines) is 2. The minimum atomic E-state index is -1.08. The summed E-state index contributed by atoms with van der Waals surface area (Å²) in [5.74, 6) is -0.922. The summed E-state index contributed by atoms with van der Waals surface area (Å²) in [5, 5.41) is 8.84. The molecule has 1 saturated carbocycles. The Balaban J connectivity index is 0.692. The summed E-state index contributed by atoms with van der Waals surface area (Å²) < 4.78 is 7.94. The molecule has 5 aliphatic rings. The van der Waals surface area contributed by atoms with Gasteiger partial charge in [0.25, 0.3) is 23.6 Å². The maximum Gasteiger partial charge on any atom is 0.270 e. The lowest BCUT2D eigenvalue weighted by Crippen LogP contribution is -2.54. The molecular weight excluding hydrogens is 783 g/mol. The molecule has 0 radical (unpaired) electrons. The quantitative estimate of drug-likeness (QED) is 0.175. The number of hydrogen-bond acceptors (Lipinski definition) is 13. The Morgan fingerprint density at radius 3 is 2.43 bits per heavy atom. The number of piperidine rings is 3.